The summed E-state index contributed by atoms with van der Waals surface area (Å²) in [5.74, 6) is 1.42. The van der Waals surface area contributed by atoms with Crippen molar-refractivity contribution in [3.8, 4) is 0 Å². The maximum absolute atomic E-state index is 5.75. The zero-order valence-electron chi connectivity index (χ0n) is 9.37. The smallest absolute Gasteiger partial charge is 0.160 e. The lowest BCUT2D eigenvalue weighted by Gasteiger charge is -2.30. The van der Waals surface area contributed by atoms with Crippen molar-refractivity contribution >= 4 is 0 Å². The van der Waals surface area contributed by atoms with E-state index in [9.17, 15) is 0 Å². The van der Waals surface area contributed by atoms with E-state index in [1.54, 1.807) is 0 Å². The molecular formula is C12H22O2. The molecule has 0 aromatic carbocycles. The van der Waals surface area contributed by atoms with Crippen molar-refractivity contribution in [1.82, 2.24) is 0 Å². The third-order valence-corrected chi connectivity index (χ3v) is 3.68. The largest absolute Gasteiger partial charge is 0.350 e. The molecule has 1 heterocycles. The molecule has 0 N–H and O–H groups in total. The molecule has 1 saturated carbocycles. The van der Waals surface area contributed by atoms with Crippen LogP contribution in [0.25, 0.3) is 0 Å². The van der Waals surface area contributed by atoms with Gasteiger partial charge in [-0.1, -0.05) is 39.0 Å². The highest BCUT2D eigenvalue weighted by Gasteiger charge is 2.33. The molecule has 1 saturated heterocycles. The van der Waals surface area contributed by atoms with Crippen molar-refractivity contribution in [3.63, 3.8) is 0 Å². The fourth-order valence-corrected chi connectivity index (χ4v) is 2.70. The van der Waals surface area contributed by atoms with Gasteiger partial charge < -0.3 is 9.47 Å². The Morgan fingerprint density at radius 3 is 2.43 bits per heavy atom. The van der Waals surface area contributed by atoms with Gasteiger partial charge in [0.05, 0.1) is 12.7 Å². The predicted octanol–water partition coefficient (Wildman–Crippen LogP) is 2.96. The Bertz CT molecular complexity index is 170. The summed E-state index contributed by atoms with van der Waals surface area (Å²) in [6, 6.07) is 0. The second-order valence-electron chi connectivity index (χ2n) is 4.91. The molecule has 82 valence electrons. The molecule has 2 rings (SSSR count). The summed E-state index contributed by atoms with van der Waals surface area (Å²) in [5.41, 5.74) is 0. The van der Waals surface area contributed by atoms with Crippen LogP contribution in [0.1, 0.15) is 46.0 Å². The van der Waals surface area contributed by atoms with Gasteiger partial charge in [0.2, 0.25) is 0 Å². The minimum absolute atomic E-state index is 0.0769. The van der Waals surface area contributed by atoms with Gasteiger partial charge in [0.1, 0.15) is 0 Å². The van der Waals surface area contributed by atoms with Crippen molar-refractivity contribution in [3.05, 3.63) is 0 Å². The predicted molar refractivity (Wildman–Crippen MR) is 56.0 cm³/mol. The van der Waals surface area contributed by atoms with E-state index >= 15 is 0 Å². The first kappa shape index (κ1) is 10.4. The van der Waals surface area contributed by atoms with Crippen LogP contribution in [0.3, 0.4) is 0 Å². The minimum atomic E-state index is 0.0769. The molecule has 0 bridgehead atoms. The van der Waals surface area contributed by atoms with Crippen LogP contribution in [0.15, 0.2) is 0 Å². The van der Waals surface area contributed by atoms with Crippen molar-refractivity contribution < 1.29 is 9.47 Å². The van der Waals surface area contributed by atoms with Crippen molar-refractivity contribution in [1.29, 1.82) is 0 Å². The van der Waals surface area contributed by atoms with Crippen LogP contribution in [0, 0.1) is 11.8 Å². The van der Waals surface area contributed by atoms with Gasteiger partial charge in [-0.3, -0.25) is 0 Å². The Labute approximate surface area is 87.0 Å². The maximum Gasteiger partial charge on any atom is 0.160 e. The van der Waals surface area contributed by atoms with Crippen molar-refractivity contribution in [2.75, 3.05) is 6.61 Å². The topological polar surface area (TPSA) is 18.5 Å². The lowest BCUT2D eigenvalue weighted by Crippen LogP contribution is -2.28. The summed E-state index contributed by atoms with van der Waals surface area (Å²) in [4.78, 5) is 0. The molecule has 2 aliphatic rings. The number of hydrogen-bond donors (Lipinski definition) is 0. The van der Waals surface area contributed by atoms with E-state index in [2.05, 4.69) is 13.8 Å². The van der Waals surface area contributed by atoms with Gasteiger partial charge in [-0.25, -0.2) is 0 Å². The third kappa shape index (κ3) is 2.29. The SMILES string of the molecule is CC1COC(C(C)C2CCCCC2)O1. The Kier molecular flexibility index (Phi) is 3.45. The Morgan fingerprint density at radius 1 is 1.14 bits per heavy atom. The molecule has 0 aromatic rings. The van der Waals surface area contributed by atoms with Gasteiger partial charge in [0.25, 0.3) is 0 Å². The van der Waals surface area contributed by atoms with Crippen LogP contribution in [-0.4, -0.2) is 19.0 Å². The summed E-state index contributed by atoms with van der Waals surface area (Å²) in [6.07, 6.45) is 7.34. The molecule has 0 spiro atoms. The first-order valence-corrected chi connectivity index (χ1v) is 6.04. The minimum Gasteiger partial charge on any atom is -0.350 e. The summed E-state index contributed by atoms with van der Waals surface area (Å²) in [5, 5.41) is 0. The molecular weight excluding hydrogens is 176 g/mol. The molecule has 14 heavy (non-hydrogen) atoms. The summed E-state index contributed by atoms with van der Waals surface area (Å²) >= 11 is 0. The lowest BCUT2D eigenvalue weighted by molar-refractivity contribution is -0.107. The van der Waals surface area contributed by atoms with Gasteiger partial charge in [0, 0.05) is 5.92 Å². The van der Waals surface area contributed by atoms with Gasteiger partial charge in [-0.15, -0.1) is 0 Å². The van der Waals surface area contributed by atoms with Crippen LogP contribution in [0.4, 0.5) is 0 Å². The van der Waals surface area contributed by atoms with E-state index in [1.165, 1.54) is 32.1 Å². The molecule has 0 amide bonds. The quantitative estimate of drug-likeness (QED) is 0.679. The molecule has 3 atom stereocenters. The van der Waals surface area contributed by atoms with E-state index in [-0.39, 0.29) is 6.29 Å². The lowest BCUT2D eigenvalue weighted by atomic mass is 9.80. The standard InChI is InChI=1S/C12H22O2/c1-9-8-13-12(14-9)10(2)11-6-4-3-5-7-11/h9-12H,3-8H2,1-2H3. The van der Waals surface area contributed by atoms with E-state index in [0.717, 1.165) is 12.5 Å². The van der Waals surface area contributed by atoms with Gasteiger partial charge in [-0.2, -0.15) is 0 Å². The second-order valence-corrected chi connectivity index (χ2v) is 4.91. The zero-order valence-corrected chi connectivity index (χ0v) is 9.37. The van der Waals surface area contributed by atoms with E-state index in [0.29, 0.717) is 12.0 Å². The van der Waals surface area contributed by atoms with Gasteiger partial charge in [-0.05, 0) is 12.8 Å². The van der Waals surface area contributed by atoms with E-state index in [1.807, 2.05) is 0 Å². The van der Waals surface area contributed by atoms with Crippen LogP contribution in [0.5, 0.6) is 0 Å². The van der Waals surface area contributed by atoms with E-state index < -0.39 is 0 Å². The third-order valence-electron chi connectivity index (χ3n) is 3.68. The van der Waals surface area contributed by atoms with Crippen molar-refractivity contribution in [2.45, 2.75) is 58.3 Å². The normalized spacial score (nSPS) is 37.3. The average Bonchev–Trinajstić information content (AvgIpc) is 2.65. The first-order chi connectivity index (χ1) is 6.77. The summed E-state index contributed by atoms with van der Waals surface area (Å²) in [6.45, 7) is 5.16. The van der Waals surface area contributed by atoms with Gasteiger partial charge in [0.15, 0.2) is 6.29 Å². The molecule has 3 unspecified atom stereocenters. The molecule has 0 aromatic heterocycles. The van der Waals surface area contributed by atoms with Gasteiger partial charge >= 0.3 is 0 Å². The van der Waals surface area contributed by atoms with Crippen LogP contribution in [0.2, 0.25) is 0 Å². The Morgan fingerprint density at radius 2 is 1.86 bits per heavy atom. The first-order valence-electron chi connectivity index (χ1n) is 6.04. The Balaban J connectivity index is 1.84. The van der Waals surface area contributed by atoms with Crippen LogP contribution < -0.4 is 0 Å². The highest BCUT2D eigenvalue weighted by atomic mass is 16.7. The van der Waals surface area contributed by atoms with E-state index in [4.69, 9.17) is 9.47 Å². The molecule has 1 aliphatic carbocycles. The number of hydrogen-bond acceptors (Lipinski definition) is 2. The zero-order chi connectivity index (χ0) is 9.97. The summed E-state index contributed by atoms with van der Waals surface area (Å²) < 4.78 is 11.4. The second kappa shape index (κ2) is 4.63. The molecule has 2 heteroatoms. The molecule has 0 radical (unpaired) electrons. The number of rotatable bonds is 2. The van der Waals surface area contributed by atoms with Crippen LogP contribution >= 0.6 is 0 Å². The molecule has 2 fully saturated rings. The number of ether oxygens (including phenoxy) is 2. The fraction of sp³-hybridized carbons (Fsp3) is 1.00. The van der Waals surface area contributed by atoms with Crippen molar-refractivity contribution in [2.24, 2.45) is 11.8 Å². The molecule has 2 nitrogen and oxygen atoms in total. The average molecular weight is 198 g/mol. The Hall–Kier alpha value is -0.0800. The highest BCUT2D eigenvalue weighted by molar-refractivity contribution is 4.76. The summed E-state index contributed by atoms with van der Waals surface area (Å²) in [7, 11) is 0. The highest BCUT2D eigenvalue weighted by Crippen LogP contribution is 2.34. The fourth-order valence-electron chi connectivity index (χ4n) is 2.70. The van der Waals surface area contributed by atoms with Crippen LogP contribution in [-0.2, 0) is 9.47 Å². The monoisotopic (exact) mass is 198 g/mol. The maximum atomic E-state index is 5.75. The molecule has 1 aliphatic heterocycles.